The molecule has 9 heteroatoms. The molecule has 1 aliphatic heterocycles. The van der Waals surface area contributed by atoms with Crippen molar-refractivity contribution in [2.75, 3.05) is 13.1 Å². The number of aromatic amines is 1. The van der Waals surface area contributed by atoms with Gasteiger partial charge in [-0.3, -0.25) is 9.59 Å². The van der Waals surface area contributed by atoms with Crippen LogP contribution in [0.5, 0.6) is 0 Å². The molecule has 1 aromatic heterocycles. The molecule has 1 N–H and O–H groups in total. The number of hydrogen-bond donors (Lipinski definition) is 1. The lowest BCUT2D eigenvalue weighted by atomic mass is 9.90. The number of nitrogens with zero attached hydrogens (tertiary/aromatic N) is 3. The van der Waals surface area contributed by atoms with Crippen LogP contribution in [0.1, 0.15) is 47.5 Å². The molecule has 0 atom stereocenters. The van der Waals surface area contributed by atoms with Gasteiger partial charge in [-0.25, -0.2) is 0 Å². The summed E-state index contributed by atoms with van der Waals surface area (Å²) in [4.78, 5) is 29.5. The van der Waals surface area contributed by atoms with Crippen molar-refractivity contribution < 1.29 is 18.0 Å². The Morgan fingerprint density at radius 3 is 2.40 bits per heavy atom. The number of carbonyl (C=O) groups is 1. The summed E-state index contributed by atoms with van der Waals surface area (Å²) < 4.78 is 38.7. The monoisotopic (exact) mass is 484 g/mol. The number of H-pyrrole nitrogens is 1. The highest BCUT2D eigenvalue weighted by atomic mass is 19.4. The minimum absolute atomic E-state index is 0.0163. The maximum absolute atomic E-state index is 12.9. The van der Waals surface area contributed by atoms with Gasteiger partial charge in [0, 0.05) is 32.4 Å². The van der Waals surface area contributed by atoms with Crippen molar-refractivity contribution >= 4 is 5.91 Å². The number of benzene rings is 2. The van der Waals surface area contributed by atoms with Crippen LogP contribution in [0.25, 0.3) is 0 Å². The number of nitrogens with one attached hydrogen (secondary N) is 1. The quantitative estimate of drug-likeness (QED) is 0.546. The van der Waals surface area contributed by atoms with Crippen molar-refractivity contribution in [1.82, 2.24) is 20.1 Å². The second-order valence-corrected chi connectivity index (χ2v) is 8.94. The van der Waals surface area contributed by atoms with E-state index in [-0.39, 0.29) is 36.7 Å². The Morgan fingerprint density at radius 1 is 1.00 bits per heavy atom. The molecular formula is C26H27F3N4O2. The number of alkyl halides is 3. The molecule has 6 nitrogen and oxygen atoms in total. The Kier molecular flexibility index (Phi) is 7.63. The predicted octanol–water partition coefficient (Wildman–Crippen LogP) is 4.19. The molecular weight excluding hydrogens is 457 g/mol. The number of likely N-dealkylation sites (tertiary alicyclic amines) is 1. The van der Waals surface area contributed by atoms with E-state index in [9.17, 15) is 22.8 Å². The zero-order valence-electron chi connectivity index (χ0n) is 19.2. The van der Waals surface area contributed by atoms with E-state index in [2.05, 4.69) is 27.3 Å². The van der Waals surface area contributed by atoms with E-state index in [0.29, 0.717) is 24.6 Å². The summed E-state index contributed by atoms with van der Waals surface area (Å²) in [5.74, 6) is 0.710. The molecule has 1 amide bonds. The van der Waals surface area contributed by atoms with Gasteiger partial charge in [-0.2, -0.15) is 13.2 Å². The highest BCUT2D eigenvalue weighted by Gasteiger charge is 2.30. The van der Waals surface area contributed by atoms with Gasteiger partial charge in [0.1, 0.15) is 11.5 Å². The summed E-state index contributed by atoms with van der Waals surface area (Å²) in [7, 11) is 0. The lowest BCUT2D eigenvalue weighted by Crippen LogP contribution is -2.39. The SMILES string of the molecule is O=C(CCc1nnc(Cc2cccc(C(F)(F)F)c2)[nH]c1=O)N1CCC(Cc2ccccc2)CC1. The number of aromatic nitrogens is 3. The zero-order chi connectivity index (χ0) is 24.8. The Balaban J connectivity index is 1.27. The maximum atomic E-state index is 12.9. The fraction of sp³-hybridized carbons (Fsp3) is 0.385. The molecule has 0 radical (unpaired) electrons. The standard InChI is InChI=1S/C26H27F3N4O2/c27-26(28,29)21-8-4-7-20(16-21)17-23-30-25(35)22(31-32-23)9-10-24(34)33-13-11-19(12-14-33)15-18-5-2-1-3-6-18/h1-8,16,19H,9-15,17H2,(H,30,32,35). The van der Waals surface area contributed by atoms with Gasteiger partial charge in [-0.15, -0.1) is 10.2 Å². The third-order valence-corrected chi connectivity index (χ3v) is 6.35. The Labute approximate surface area is 201 Å². The molecule has 0 saturated carbocycles. The lowest BCUT2D eigenvalue weighted by Gasteiger charge is -2.32. The molecule has 0 bridgehead atoms. The molecule has 0 aliphatic carbocycles. The number of halogens is 3. The first-order valence-electron chi connectivity index (χ1n) is 11.7. The fourth-order valence-corrected chi connectivity index (χ4v) is 4.41. The number of piperidine rings is 1. The van der Waals surface area contributed by atoms with Crippen molar-refractivity contribution in [3.63, 3.8) is 0 Å². The highest BCUT2D eigenvalue weighted by molar-refractivity contribution is 5.76. The topological polar surface area (TPSA) is 79.0 Å². The van der Waals surface area contributed by atoms with Gasteiger partial charge < -0.3 is 9.88 Å². The maximum Gasteiger partial charge on any atom is 0.416 e. The van der Waals surface area contributed by atoms with Gasteiger partial charge in [0.25, 0.3) is 5.56 Å². The normalized spacial score (nSPS) is 14.8. The molecule has 0 unspecified atom stereocenters. The van der Waals surface area contributed by atoms with Crippen LogP contribution in [0.3, 0.4) is 0 Å². The fourth-order valence-electron chi connectivity index (χ4n) is 4.41. The second kappa shape index (κ2) is 10.8. The summed E-state index contributed by atoms with van der Waals surface area (Å²) in [6, 6.07) is 15.2. The van der Waals surface area contributed by atoms with Crippen LogP contribution in [-0.2, 0) is 30.2 Å². The van der Waals surface area contributed by atoms with Gasteiger partial charge in [-0.1, -0.05) is 48.5 Å². The number of aryl methyl sites for hydroxylation is 1. The van der Waals surface area contributed by atoms with Crippen molar-refractivity contribution in [3.8, 4) is 0 Å². The van der Waals surface area contributed by atoms with Crippen LogP contribution in [0, 0.1) is 5.92 Å². The third kappa shape index (κ3) is 6.77. The first kappa shape index (κ1) is 24.6. The summed E-state index contributed by atoms with van der Waals surface area (Å²) in [6.07, 6.45) is -1.19. The van der Waals surface area contributed by atoms with Crippen LogP contribution in [0.15, 0.2) is 59.4 Å². The van der Waals surface area contributed by atoms with Crippen molar-refractivity contribution in [3.05, 3.63) is 93.2 Å². The average molecular weight is 485 g/mol. The summed E-state index contributed by atoms with van der Waals surface area (Å²) in [5, 5.41) is 7.89. The zero-order valence-corrected chi connectivity index (χ0v) is 19.2. The van der Waals surface area contributed by atoms with E-state index >= 15 is 0 Å². The van der Waals surface area contributed by atoms with E-state index < -0.39 is 17.3 Å². The van der Waals surface area contributed by atoms with Crippen molar-refractivity contribution in [1.29, 1.82) is 0 Å². The number of rotatable bonds is 7. The molecule has 2 aromatic carbocycles. The van der Waals surface area contributed by atoms with Crippen LogP contribution in [-0.4, -0.2) is 39.1 Å². The molecule has 3 aromatic rings. The van der Waals surface area contributed by atoms with E-state index in [0.717, 1.165) is 31.4 Å². The van der Waals surface area contributed by atoms with E-state index in [1.807, 2.05) is 23.1 Å². The predicted molar refractivity (Wildman–Crippen MR) is 125 cm³/mol. The van der Waals surface area contributed by atoms with Crippen molar-refractivity contribution in [2.24, 2.45) is 5.92 Å². The van der Waals surface area contributed by atoms with Crippen LogP contribution >= 0.6 is 0 Å². The molecule has 2 heterocycles. The first-order chi connectivity index (χ1) is 16.8. The van der Waals surface area contributed by atoms with Crippen LogP contribution < -0.4 is 5.56 Å². The average Bonchev–Trinajstić information content (AvgIpc) is 2.84. The highest BCUT2D eigenvalue weighted by Crippen LogP contribution is 2.29. The molecule has 0 spiro atoms. The molecule has 35 heavy (non-hydrogen) atoms. The molecule has 1 saturated heterocycles. The lowest BCUT2D eigenvalue weighted by molar-refractivity contribution is -0.137. The minimum Gasteiger partial charge on any atom is -0.343 e. The summed E-state index contributed by atoms with van der Waals surface area (Å²) >= 11 is 0. The minimum atomic E-state index is -4.44. The molecule has 4 rings (SSSR count). The van der Waals surface area contributed by atoms with E-state index in [1.54, 1.807) is 0 Å². The van der Waals surface area contributed by atoms with E-state index in [4.69, 9.17) is 0 Å². The Bertz CT molecular complexity index is 1200. The van der Waals surface area contributed by atoms with Gasteiger partial charge in [0.15, 0.2) is 0 Å². The third-order valence-electron chi connectivity index (χ3n) is 6.35. The molecule has 1 aliphatic rings. The van der Waals surface area contributed by atoms with Crippen LogP contribution in [0.4, 0.5) is 13.2 Å². The van der Waals surface area contributed by atoms with Crippen molar-refractivity contribution in [2.45, 2.75) is 44.7 Å². The Hall–Kier alpha value is -3.49. The summed E-state index contributed by atoms with van der Waals surface area (Å²) in [5.41, 5.74) is 0.584. The molecule has 184 valence electrons. The van der Waals surface area contributed by atoms with Gasteiger partial charge >= 0.3 is 6.18 Å². The number of carbonyl (C=O) groups excluding carboxylic acids is 1. The van der Waals surface area contributed by atoms with Crippen LogP contribution in [0.2, 0.25) is 0 Å². The van der Waals surface area contributed by atoms with E-state index in [1.165, 1.54) is 17.7 Å². The second-order valence-electron chi connectivity index (χ2n) is 8.94. The van der Waals surface area contributed by atoms with Gasteiger partial charge in [0.2, 0.25) is 5.91 Å². The number of amides is 1. The van der Waals surface area contributed by atoms with Gasteiger partial charge in [0.05, 0.1) is 5.56 Å². The molecule has 1 fully saturated rings. The smallest absolute Gasteiger partial charge is 0.343 e. The largest absolute Gasteiger partial charge is 0.416 e. The number of hydrogen-bond acceptors (Lipinski definition) is 4. The summed E-state index contributed by atoms with van der Waals surface area (Å²) in [6.45, 7) is 1.41. The first-order valence-corrected chi connectivity index (χ1v) is 11.7. The Morgan fingerprint density at radius 2 is 1.71 bits per heavy atom. The van der Waals surface area contributed by atoms with Gasteiger partial charge in [-0.05, 0) is 42.4 Å².